The molecule has 3 aromatic rings. The molecular weight excluding hydrogens is 522 g/mol. The summed E-state index contributed by atoms with van der Waals surface area (Å²) in [7, 11) is 3.12. The number of ether oxygens (including phenoxy) is 4. The molecular formula is C24H26BrN3O7. The van der Waals surface area contributed by atoms with Gasteiger partial charge in [-0.15, -0.1) is 0 Å². The molecule has 1 unspecified atom stereocenters. The zero-order valence-corrected chi connectivity index (χ0v) is 21.6. The Morgan fingerprint density at radius 2 is 1.83 bits per heavy atom. The van der Waals surface area contributed by atoms with Crippen LogP contribution in [0.5, 0.6) is 17.2 Å². The lowest BCUT2D eigenvalue weighted by Crippen LogP contribution is -2.36. The van der Waals surface area contributed by atoms with Gasteiger partial charge in [-0.05, 0) is 78.2 Å². The van der Waals surface area contributed by atoms with E-state index in [-0.39, 0.29) is 12.7 Å². The highest BCUT2D eigenvalue weighted by atomic mass is 79.9. The van der Waals surface area contributed by atoms with Crippen molar-refractivity contribution in [2.75, 3.05) is 20.8 Å². The molecule has 0 bridgehead atoms. The average molecular weight is 548 g/mol. The Bertz CT molecular complexity index is 1330. The molecule has 186 valence electrons. The van der Waals surface area contributed by atoms with E-state index < -0.39 is 22.9 Å². The molecule has 11 heteroatoms. The third kappa shape index (κ3) is 6.17. The summed E-state index contributed by atoms with van der Waals surface area (Å²) in [5.74, 6) is 0.924. The number of carbonyl (C=O) groups is 1. The van der Waals surface area contributed by atoms with E-state index >= 15 is 0 Å². The Hall–Kier alpha value is -3.44. The van der Waals surface area contributed by atoms with Crippen molar-refractivity contribution in [3.63, 3.8) is 0 Å². The summed E-state index contributed by atoms with van der Waals surface area (Å²) in [6, 6.07) is 8.67. The van der Waals surface area contributed by atoms with Crippen molar-refractivity contribution in [3.8, 4) is 22.9 Å². The summed E-state index contributed by atoms with van der Waals surface area (Å²) in [6.45, 7) is 5.49. The highest BCUT2D eigenvalue weighted by Crippen LogP contribution is 2.34. The van der Waals surface area contributed by atoms with Crippen molar-refractivity contribution in [2.45, 2.75) is 33.3 Å². The van der Waals surface area contributed by atoms with E-state index in [1.807, 2.05) is 20.8 Å². The van der Waals surface area contributed by atoms with Crippen LogP contribution in [0, 0.1) is 13.8 Å². The predicted molar refractivity (Wildman–Crippen MR) is 132 cm³/mol. The topological polar surface area (TPSA) is 122 Å². The number of aromatic nitrogens is 3. The number of hydrogen-bond acceptors (Lipinski definition) is 8. The quantitative estimate of drug-likeness (QED) is 0.402. The van der Waals surface area contributed by atoms with Crippen LogP contribution in [0.2, 0.25) is 0 Å². The fourth-order valence-electron chi connectivity index (χ4n) is 3.25. The lowest BCUT2D eigenvalue weighted by atomic mass is 10.1. The molecule has 35 heavy (non-hydrogen) atoms. The Morgan fingerprint density at radius 1 is 1.14 bits per heavy atom. The van der Waals surface area contributed by atoms with Gasteiger partial charge in [-0.2, -0.15) is 9.78 Å². The van der Waals surface area contributed by atoms with Crippen molar-refractivity contribution in [3.05, 3.63) is 72.5 Å². The summed E-state index contributed by atoms with van der Waals surface area (Å²) in [4.78, 5) is 39.2. The number of aryl methyl sites for hydroxylation is 2. The first-order valence-electron chi connectivity index (χ1n) is 10.7. The average Bonchev–Trinajstić information content (AvgIpc) is 2.81. The number of esters is 1. The molecule has 0 saturated heterocycles. The summed E-state index contributed by atoms with van der Waals surface area (Å²) in [6.07, 6.45) is 0.332. The van der Waals surface area contributed by atoms with Crippen LogP contribution < -0.4 is 20.7 Å². The van der Waals surface area contributed by atoms with Gasteiger partial charge in [0, 0.05) is 13.5 Å². The first-order chi connectivity index (χ1) is 16.6. The smallest absolute Gasteiger partial charge is 0.364 e. The third-order valence-electron chi connectivity index (χ3n) is 5.21. The first kappa shape index (κ1) is 26.2. The molecule has 10 nitrogen and oxygen atoms in total. The molecule has 1 aromatic heterocycles. The molecule has 1 N–H and O–H groups in total. The van der Waals surface area contributed by atoms with E-state index in [0.717, 1.165) is 9.15 Å². The minimum Gasteiger partial charge on any atom is -0.496 e. The lowest BCUT2D eigenvalue weighted by molar-refractivity contribution is 0.0380. The SMILES string of the molecule is COc1ccc(Oc2c(C)cc(-n3nc(C(=O)OCCC(C)OC)c(=O)[nH]c3=O)cc2C)cc1Br. The van der Waals surface area contributed by atoms with Gasteiger partial charge in [-0.1, -0.05) is 0 Å². The zero-order valence-electron chi connectivity index (χ0n) is 20.0. The number of H-pyrrole nitrogens is 1. The molecule has 0 saturated carbocycles. The van der Waals surface area contributed by atoms with Gasteiger partial charge >= 0.3 is 11.7 Å². The van der Waals surface area contributed by atoms with Crippen molar-refractivity contribution in [1.29, 1.82) is 0 Å². The second-order valence-electron chi connectivity index (χ2n) is 7.80. The van der Waals surface area contributed by atoms with Crippen LogP contribution in [-0.4, -0.2) is 47.7 Å². The Labute approximate surface area is 209 Å². The van der Waals surface area contributed by atoms with E-state index in [4.69, 9.17) is 18.9 Å². The highest BCUT2D eigenvalue weighted by Gasteiger charge is 2.19. The van der Waals surface area contributed by atoms with Gasteiger partial charge in [-0.25, -0.2) is 9.59 Å². The van der Waals surface area contributed by atoms with E-state index in [0.29, 0.717) is 40.5 Å². The molecule has 0 spiro atoms. The van der Waals surface area contributed by atoms with Gasteiger partial charge < -0.3 is 18.9 Å². The summed E-state index contributed by atoms with van der Waals surface area (Å²) >= 11 is 3.43. The lowest BCUT2D eigenvalue weighted by Gasteiger charge is -2.15. The molecule has 0 aliphatic heterocycles. The largest absolute Gasteiger partial charge is 0.496 e. The predicted octanol–water partition coefficient (Wildman–Crippen LogP) is 3.68. The first-order valence-corrected chi connectivity index (χ1v) is 11.5. The van der Waals surface area contributed by atoms with E-state index in [1.165, 1.54) is 0 Å². The molecule has 2 aromatic carbocycles. The second kappa shape index (κ2) is 11.3. The number of benzene rings is 2. The fourth-order valence-corrected chi connectivity index (χ4v) is 3.77. The van der Waals surface area contributed by atoms with E-state index in [1.54, 1.807) is 44.6 Å². The normalized spacial score (nSPS) is 11.7. The van der Waals surface area contributed by atoms with Crippen LogP contribution in [0.1, 0.15) is 35.0 Å². The molecule has 1 atom stereocenters. The molecule has 0 aliphatic carbocycles. The number of halogens is 1. The minimum absolute atomic E-state index is 0.0415. The van der Waals surface area contributed by atoms with E-state index in [9.17, 15) is 14.4 Å². The summed E-state index contributed by atoms with van der Waals surface area (Å²) < 4.78 is 23.2. The maximum absolute atomic E-state index is 12.5. The summed E-state index contributed by atoms with van der Waals surface area (Å²) in [5.41, 5.74) is -0.449. The molecule has 0 aliphatic rings. The maximum atomic E-state index is 12.5. The number of aromatic amines is 1. The zero-order chi connectivity index (χ0) is 25.7. The molecule has 1 heterocycles. The Kier molecular flexibility index (Phi) is 8.47. The molecule has 0 fully saturated rings. The number of nitrogens with one attached hydrogen (secondary N) is 1. The summed E-state index contributed by atoms with van der Waals surface area (Å²) in [5, 5.41) is 3.98. The van der Waals surface area contributed by atoms with Gasteiger partial charge in [-0.3, -0.25) is 9.78 Å². The number of rotatable bonds is 9. The maximum Gasteiger partial charge on any atom is 0.364 e. The van der Waals surface area contributed by atoms with Crippen LogP contribution in [-0.2, 0) is 9.47 Å². The van der Waals surface area contributed by atoms with Crippen LogP contribution in [0.4, 0.5) is 0 Å². The van der Waals surface area contributed by atoms with Crippen molar-refractivity contribution in [2.24, 2.45) is 0 Å². The highest BCUT2D eigenvalue weighted by molar-refractivity contribution is 9.10. The van der Waals surface area contributed by atoms with Gasteiger partial charge in [0.1, 0.15) is 17.2 Å². The Morgan fingerprint density at radius 3 is 2.43 bits per heavy atom. The van der Waals surface area contributed by atoms with Crippen LogP contribution >= 0.6 is 15.9 Å². The molecule has 0 radical (unpaired) electrons. The van der Waals surface area contributed by atoms with Gasteiger partial charge in [0.15, 0.2) is 0 Å². The Balaban J connectivity index is 1.90. The van der Waals surface area contributed by atoms with Crippen LogP contribution in [0.15, 0.2) is 44.4 Å². The van der Waals surface area contributed by atoms with Gasteiger partial charge in [0.05, 0.1) is 30.0 Å². The number of methoxy groups -OCH3 is 2. The fraction of sp³-hybridized carbons (Fsp3) is 0.333. The number of hydrogen-bond donors (Lipinski definition) is 1. The van der Waals surface area contributed by atoms with Gasteiger partial charge in [0.2, 0.25) is 5.69 Å². The van der Waals surface area contributed by atoms with Crippen LogP contribution in [0.25, 0.3) is 5.69 Å². The minimum atomic E-state index is -0.929. The molecule has 0 amide bonds. The van der Waals surface area contributed by atoms with Gasteiger partial charge in [0.25, 0.3) is 5.56 Å². The number of nitrogens with zero attached hydrogens (tertiary/aromatic N) is 2. The van der Waals surface area contributed by atoms with Crippen molar-refractivity contribution < 1.29 is 23.7 Å². The van der Waals surface area contributed by atoms with Crippen molar-refractivity contribution >= 4 is 21.9 Å². The standard InChI is InChI=1S/C24H26BrN3O7/c1-13-10-16(11-14(2)21(13)35-17-6-7-19(33-5)18(25)12-17)28-24(31)26-22(29)20(27-28)23(30)34-9-8-15(3)32-4/h6-7,10-12,15H,8-9H2,1-5H3,(H,26,29,31). The van der Waals surface area contributed by atoms with Crippen LogP contribution in [0.3, 0.4) is 0 Å². The second-order valence-corrected chi connectivity index (χ2v) is 8.65. The third-order valence-corrected chi connectivity index (χ3v) is 5.83. The monoisotopic (exact) mass is 547 g/mol. The molecule has 3 rings (SSSR count). The van der Waals surface area contributed by atoms with Crippen molar-refractivity contribution in [1.82, 2.24) is 14.8 Å². The number of carbonyl (C=O) groups excluding carboxylic acids is 1. The van der Waals surface area contributed by atoms with E-state index in [2.05, 4.69) is 26.0 Å².